The number of nitrogens with one attached hydrogen (secondary N) is 1. The van der Waals surface area contributed by atoms with Gasteiger partial charge in [-0.1, -0.05) is 18.2 Å². The maximum absolute atomic E-state index is 12.6. The van der Waals surface area contributed by atoms with Crippen LogP contribution < -0.4 is 5.32 Å². The second kappa shape index (κ2) is 8.91. The number of rotatable bonds is 7. The topological polar surface area (TPSA) is 112 Å². The van der Waals surface area contributed by atoms with E-state index >= 15 is 0 Å². The van der Waals surface area contributed by atoms with Crippen LogP contribution >= 0.6 is 11.3 Å². The van der Waals surface area contributed by atoms with Gasteiger partial charge in [0.05, 0.1) is 17.1 Å². The molecule has 10 heteroatoms. The van der Waals surface area contributed by atoms with Crippen LogP contribution in [0.25, 0.3) is 16.5 Å². The number of carbonyl (C=O) groups excluding carboxylic acids is 2. The molecule has 1 aliphatic carbocycles. The van der Waals surface area contributed by atoms with Crippen molar-refractivity contribution in [3.05, 3.63) is 71.1 Å². The summed E-state index contributed by atoms with van der Waals surface area (Å²) in [5.74, 6) is 0.347. The molecule has 1 N–H and O–H groups in total. The van der Waals surface area contributed by atoms with Crippen LogP contribution in [0.5, 0.6) is 0 Å². The van der Waals surface area contributed by atoms with Crippen molar-refractivity contribution in [2.75, 3.05) is 11.9 Å². The van der Waals surface area contributed by atoms with Crippen LogP contribution in [-0.2, 0) is 9.53 Å². The number of amides is 1. The van der Waals surface area contributed by atoms with Gasteiger partial charge in [0, 0.05) is 24.4 Å². The predicted molar refractivity (Wildman–Crippen MR) is 122 cm³/mol. The zero-order valence-corrected chi connectivity index (χ0v) is 18.6. The number of benzene rings is 1. The van der Waals surface area contributed by atoms with Gasteiger partial charge in [-0.2, -0.15) is 5.10 Å². The van der Waals surface area contributed by atoms with Crippen LogP contribution in [0, 0.1) is 6.92 Å². The fourth-order valence-corrected chi connectivity index (χ4v) is 4.21. The van der Waals surface area contributed by atoms with Gasteiger partial charge in [0.2, 0.25) is 0 Å². The van der Waals surface area contributed by atoms with Gasteiger partial charge < -0.3 is 10.1 Å². The molecular weight excluding hydrogens is 440 g/mol. The first-order chi connectivity index (χ1) is 16.1. The Labute approximate surface area is 193 Å². The second-order valence-electron chi connectivity index (χ2n) is 7.61. The van der Waals surface area contributed by atoms with Gasteiger partial charge >= 0.3 is 5.97 Å². The molecule has 0 saturated heterocycles. The van der Waals surface area contributed by atoms with E-state index in [2.05, 4.69) is 25.4 Å². The van der Waals surface area contributed by atoms with E-state index in [9.17, 15) is 9.59 Å². The Morgan fingerprint density at radius 2 is 1.91 bits per heavy atom. The average Bonchev–Trinajstić information content (AvgIpc) is 3.50. The van der Waals surface area contributed by atoms with E-state index < -0.39 is 18.5 Å². The highest BCUT2D eigenvalue weighted by Crippen LogP contribution is 2.40. The lowest BCUT2D eigenvalue weighted by Gasteiger charge is -2.09. The Morgan fingerprint density at radius 1 is 1.15 bits per heavy atom. The standard InChI is InChI=1S/C23H20N6O3S/c1-14-20(33-22(26-14)21-24-10-5-11-25-21)23(31)32-13-19(30)27-18-12-17(15-8-9-15)28-29(18)16-6-3-2-4-7-16/h2-7,10-12,15H,8-9,13H2,1H3,(H,27,30). The number of esters is 1. The summed E-state index contributed by atoms with van der Waals surface area (Å²) in [6, 6.07) is 13.2. The van der Waals surface area contributed by atoms with Crippen molar-refractivity contribution in [2.45, 2.75) is 25.7 Å². The van der Waals surface area contributed by atoms with E-state index in [1.165, 1.54) is 0 Å². The largest absolute Gasteiger partial charge is 0.451 e. The smallest absolute Gasteiger partial charge is 0.350 e. The van der Waals surface area contributed by atoms with Crippen LogP contribution in [0.4, 0.5) is 5.82 Å². The fraction of sp³-hybridized carbons (Fsp3) is 0.217. The highest BCUT2D eigenvalue weighted by molar-refractivity contribution is 7.16. The first kappa shape index (κ1) is 21.0. The molecule has 166 valence electrons. The van der Waals surface area contributed by atoms with E-state index in [-0.39, 0.29) is 0 Å². The lowest BCUT2D eigenvalue weighted by Crippen LogP contribution is -2.22. The third kappa shape index (κ3) is 4.65. The Kier molecular flexibility index (Phi) is 5.66. The highest BCUT2D eigenvalue weighted by Gasteiger charge is 2.28. The predicted octanol–water partition coefficient (Wildman–Crippen LogP) is 3.77. The molecular formula is C23H20N6O3S. The molecule has 1 saturated carbocycles. The van der Waals surface area contributed by atoms with Crippen molar-refractivity contribution in [3.8, 4) is 16.5 Å². The minimum absolute atomic E-state index is 0.315. The number of carbonyl (C=O) groups is 2. The van der Waals surface area contributed by atoms with Crippen LogP contribution in [0.2, 0.25) is 0 Å². The molecule has 1 aliphatic rings. The van der Waals surface area contributed by atoms with E-state index in [0.717, 1.165) is 35.6 Å². The zero-order valence-electron chi connectivity index (χ0n) is 17.8. The SMILES string of the molecule is Cc1nc(-c2ncccn2)sc1C(=O)OCC(=O)Nc1cc(C2CC2)nn1-c1ccccc1. The molecule has 4 aromatic rings. The molecule has 0 bridgehead atoms. The maximum atomic E-state index is 12.6. The monoisotopic (exact) mass is 460 g/mol. The molecule has 3 heterocycles. The first-order valence-corrected chi connectivity index (χ1v) is 11.3. The lowest BCUT2D eigenvalue weighted by molar-refractivity contribution is -0.119. The summed E-state index contributed by atoms with van der Waals surface area (Å²) in [5.41, 5.74) is 2.29. The quantitative estimate of drug-likeness (QED) is 0.418. The Morgan fingerprint density at radius 3 is 2.64 bits per heavy atom. The van der Waals surface area contributed by atoms with Gasteiger partial charge in [-0.3, -0.25) is 4.79 Å². The minimum Gasteiger partial charge on any atom is -0.451 e. The summed E-state index contributed by atoms with van der Waals surface area (Å²) >= 11 is 1.13. The normalized spacial score (nSPS) is 13.0. The number of anilines is 1. The van der Waals surface area contributed by atoms with Crippen molar-refractivity contribution in [2.24, 2.45) is 0 Å². The molecule has 5 rings (SSSR count). The third-order valence-corrected chi connectivity index (χ3v) is 6.20. The molecule has 0 spiro atoms. The van der Waals surface area contributed by atoms with Crippen LogP contribution in [0.15, 0.2) is 54.9 Å². The molecule has 0 unspecified atom stereocenters. The van der Waals surface area contributed by atoms with E-state index in [1.54, 1.807) is 30.1 Å². The number of para-hydroxylation sites is 1. The van der Waals surface area contributed by atoms with Gasteiger partial charge in [0.15, 0.2) is 17.4 Å². The van der Waals surface area contributed by atoms with Crippen molar-refractivity contribution in [1.29, 1.82) is 0 Å². The minimum atomic E-state index is -0.613. The second-order valence-corrected chi connectivity index (χ2v) is 8.61. The Balaban J connectivity index is 1.26. The summed E-state index contributed by atoms with van der Waals surface area (Å²) in [6.45, 7) is 1.28. The zero-order chi connectivity index (χ0) is 22.8. The first-order valence-electron chi connectivity index (χ1n) is 10.5. The number of aromatic nitrogens is 5. The van der Waals surface area contributed by atoms with E-state index in [4.69, 9.17) is 4.74 Å². The number of ether oxygens (including phenoxy) is 1. The molecule has 9 nitrogen and oxygen atoms in total. The summed E-state index contributed by atoms with van der Waals surface area (Å²) in [6.07, 6.45) is 5.41. The van der Waals surface area contributed by atoms with Crippen LogP contribution in [-0.4, -0.2) is 43.2 Å². The van der Waals surface area contributed by atoms with E-state index in [0.29, 0.717) is 33.1 Å². The maximum Gasteiger partial charge on any atom is 0.350 e. The average molecular weight is 461 g/mol. The molecule has 1 amide bonds. The number of nitrogens with zero attached hydrogens (tertiary/aromatic N) is 5. The van der Waals surface area contributed by atoms with Gasteiger partial charge in [-0.05, 0) is 38.0 Å². The molecule has 0 atom stereocenters. The van der Waals surface area contributed by atoms with Crippen LogP contribution in [0.1, 0.15) is 39.8 Å². The molecule has 33 heavy (non-hydrogen) atoms. The van der Waals surface area contributed by atoms with Crippen LogP contribution in [0.3, 0.4) is 0 Å². The van der Waals surface area contributed by atoms with Gasteiger partial charge in [-0.25, -0.2) is 24.4 Å². The van der Waals surface area contributed by atoms with Gasteiger partial charge in [-0.15, -0.1) is 11.3 Å². The van der Waals surface area contributed by atoms with E-state index in [1.807, 2.05) is 36.4 Å². The summed E-state index contributed by atoms with van der Waals surface area (Å²) < 4.78 is 6.95. The van der Waals surface area contributed by atoms with Crippen molar-refractivity contribution < 1.29 is 14.3 Å². The van der Waals surface area contributed by atoms with Crippen molar-refractivity contribution in [1.82, 2.24) is 24.7 Å². The van der Waals surface area contributed by atoms with Crippen molar-refractivity contribution >= 4 is 29.0 Å². The lowest BCUT2D eigenvalue weighted by atomic mass is 10.3. The van der Waals surface area contributed by atoms with Crippen molar-refractivity contribution in [3.63, 3.8) is 0 Å². The third-order valence-electron chi connectivity index (χ3n) is 5.07. The number of aryl methyl sites for hydroxylation is 1. The summed E-state index contributed by atoms with van der Waals surface area (Å²) in [5, 5.41) is 7.99. The molecule has 0 aliphatic heterocycles. The number of hydrogen-bond acceptors (Lipinski definition) is 8. The Hall–Kier alpha value is -3.92. The molecule has 3 aromatic heterocycles. The molecule has 0 radical (unpaired) electrons. The fourth-order valence-electron chi connectivity index (χ4n) is 3.30. The van der Waals surface area contributed by atoms with Gasteiger partial charge in [0.25, 0.3) is 5.91 Å². The summed E-state index contributed by atoms with van der Waals surface area (Å²) in [4.78, 5) is 38.1. The number of thiazole rings is 1. The number of hydrogen-bond donors (Lipinski definition) is 1. The Bertz CT molecular complexity index is 1300. The molecule has 1 fully saturated rings. The molecule has 1 aromatic carbocycles. The highest BCUT2D eigenvalue weighted by atomic mass is 32.1. The van der Waals surface area contributed by atoms with Gasteiger partial charge in [0.1, 0.15) is 10.7 Å². The summed E-state index contributed by atoms with van der Waals surface area (Å²) in [7, 11) is 0.